The van der Waals surface area contributed by atoms with Crippen molar-refractivity contribution in [3.63, 3.8) is 0 Å². The predicted molar refractivity (Wildman–Crippen MR) is 69.1 cm³/mol. The summed E-state index contributed by atoms with van der Waals surface area (Å²) in [4.78, 5) is 16.0. The first-order valence-electron chi connectivity index (χ1n) is 5.70. The van der Waals surface area contributed by atoms with Crippen LogP contribution in [0.4, 0.5) is 0 Å². The van der Waals surface area contributed by atoms with Crippen molar-refractivity contribution in [3.8, 4) is 0 Å². The van der Waals surface area contributed by atoms with Gasteiger partial charge in [0.05, 0.1) is 24.9 Å². The lowest BCUT2D eigenvalue weighted by atomic mass is 10.3. The lowest BCUT2D eigenvalue weighted by Gasteiger charge is -2.00. The number of amides is 1. The number of nitrogens with zero attached hydrogens (tertiary/aromatic N) is 1. The van der Waals surface area contributed by atoms with Crippen LogP contribution in [-0.2, 0) is 24.2 Å². The molecule has 0 fully saturated rings. The van der Waals surface area contributed by atoms with Crippen molar-refractivity contribution < 1.29 is 9.21 Å². The first-order chi connectivity index (χ1) is 8.78. The number of hydrogen-bond donors (Lipinski definition) is 2. The minimum absolute atomic E-state index is 0.0555. The number of carbonyl (C=O) groups is 1. The van der Waals surface area contributed by atoms with E-state index in [2.05, 4.69) is 10.3 Å². The maximum atomic E-state index is 11.7. The number of furan rings is 1. The first kappa shape index (κ1) is 12.8. The van der Waals surface area contributed by atoms with Crippen molar-refractivity contribution in [1.29, 1.82) is 0 Å². The van der Waals surface area contributed by atoms with Gasteiger partial charge in [0.2, 0.25) is 5.91 Å². The summed E-state index contributed by atoms with van der Waals surface area (Å²) in [5.74, 6) is 0.686. The van der Waals surface area contributed by atoms with E-state index in [1.807, 2.05) is 11.4 Å². The second kappa shape index (κ2) is 6.32. The van der Waals surface area contributed by atoms with Crippen LogP contribution in [0.3, 0.4) is 0 Å². The maximum absolute atomic E-state index is 11.7. The smallest absolute Gasteiger partial charge is 0.227 e. The summed E-state index contributed by atoms with van der Waals surface area (Å²) < 4.78 is 5.13. The van der Waals surface area contributed by atoms with Gasteiger partial charge in [0, 0.05) is 11.8 Å². The molecular formula is C12H15N3O2S. The fourth-order valence-electron chi connectivity index (χ4n) is 1.49. The molecule has 2 heterocycles. The van der Waals surface area contributed by atoms with Crippen LogP contribution in [0.5, 0.6) is 0 Å². The molecule has 96 valence electrons. The number of nitrogens with one attached hydrogen (secondary N) is 1. The van der Waals surface area contributed by atoms with Crippen LogP contribution in [0, 0.1) is 0 Å². The summed E-state index contributed by atoms with van der Waals surface area (Å²) in [7, 11) is 0. The van der Waals surface area contributed by atoms with Crippen molar-refractivity contribution in [2.75, 3.05) is 6.54 Å². The van der Waals surface area contributed by atoms with Gasteiger partial charge >= 0.3 is 0 Å². The summed E-state index contributed by atoms with van der Waals surface area (Å²) in [6, 6.07) is 3.62. The Kier molecular flexibility index (Phi) is 4.49. The summed E-state index contributed by atoms with van der Waals surface area (Å²) in [5.41, 5.74) is 6.40. The molecule has 0 unspecified atom stereocenters. The molecule has 0 aliphatic carbocycles. The molecule has 2 aromatic rings. The largest absolute Gasteiger partial charge is 0.467 e. The highest BCUT2D eigenvalue weighted by atomic mass is 32.1. The Labute approximate surface area is 109 Å². The Morgan fingerprint density at radius 1 is 1.56 bits per heavy atom. The van der Waals surface area contributed by atoms with Gasteiger partial charge in [-0.2, -0.15) is 0 Å². The highest BCUT2D eigenvalue weighted by Gasteiger charge is 2.08. The molecule has 2 aromatic heterocycles. The number of carbonyl (C=O) groups excluding carboxylic acids is 1. The Morgan fingerprint density at radius 2 is 2.44 bits per heavy atom. The number of nitrogens with two attached hydrogens (primary N) is 1. The number of thiazole rings is 1. The van der Waals surface area contributed by atoms with Crippen LogP contribution in [0.2, 0.25) is 0 Å². The molecule has 0 aliphatic rings. The van der Waals surface area contributed by atoms with E-state index in [0.29, 0.717) is 19.5 Å². The highest BCUT2D eigenvalue weighted by Crippen LogP contribution is 2.10. The van der Waals surface area contributed by atoms with Crippen molar-refractivity contribution in [1.82, 2.24) is 10.3 Å². The summed E-state index contributed by atoms with van der Waals surface area (Å²) in [6.07, 6.45) is 2.64. The standard InChI is InChI=1S/C12H15N3O2S/c13-4-3-9-8-18-12(15-9)6-11(16)14-7-10-2-1-5-17-10/h1-2,5,8H,3-4,6-7,13H2,(H,14,16). The topological polar surface area (TPSA) is 81.2 Å². The Balaban J connectivity index is 1.79. The predicted octanol–water partition coefficient (Wildman–Crippen LogP) is 1.10. The van der Waals surface area contributed by atoms with E-state index in [4.69, 9.17) is 10.2 Å². The van der Waals surface area contributed by atoms with E-state index in [9.17, 15) is 4.79 Å². The van der Waals surface area contributed by atoms with Gasteiger partial charge in [-0.3, -0.25) is 4.79 Å². The number of rotatable bonds is 6. The van der Waals surface area contributed by atoms with Gasteiger partial charge in [0.15, 0.2) is 0 Å². The van der Waals surface area contributed by atoms with E-state index in [1.165, 1.54) is 11.3 Å². The zero-order valence-electron chi connectivity index (χ0n) is 9.89. The van der Waals surface area contributed by atoms with Crippen LogP contribution in [0.15, 0.2) is 28.2 Å². The monoisotopic (exact) mass is 265 g/mol. The van der Waals surface area contributed by atoms with E-state index in [-0.39, 0.29) is 5.91 Å². The molecule has 2 rings (SSSR count). The summed E-state index contributed by atoms with van der Waals surface area (Å²) in [5, 5.41) is 5.55. The van der Waals surface area contributed by atoms with Gasteiger partial charge in [-0.05, 0) is 18.7 Å². The highest BCUT2D eigenvalue weighted by molar-refractivity contribution is 7.09. The van der Waals surface area contributed by atoms with Gasteiger partial charge in [-0.25, -0.2) is 4.98 Å². The molecule has 0 aromatic carbocycles. The maximum Gasteiger partial charge on any atom is 0.227 e. The Hall–Kier alpha value is -1.66. The zero-order chi connectivity index (χ0) is 12.8. The number of aromatic nitrogens is 1. The fourth-order valence-corrected chi connectivity index (χ4v) is 2.32. The van der Waals surface area contributed by atoms with E-state index < -0.39 is 0 Å². The van der Waals surface area contributed by atoms with Crippen molar-refractivity contribution in [3.05, 3.63) is 40.2 Å². The van der Waals surface area contributed by atoms with Crippen molar-refractivity contribution in [2.24, 2.45) is 5.73 Å². The minimum Gasteiger partial charge on any atom is -0.467 e. The SMILES string of the molecule is NCCc1csc(CC(=O)NCc2ccco2)n1. The molecule has 0 spiro atoms. The molecule has 5 nitrogen and oxygen atoms in total. The summed E-state index contributed by atoms with van der Waals surface area (Å²) >= 11 is 1.49. The van der Waals surface area contributed by atoms with Gasteiger partial charge in [0.1, 0.15) is 10.8 Å². The molecule has 0 radical (unpaired) electrons. The molecule has 0 saturated carbocycles. The van der Waals surface area contributed by atoms with Crippen LogP contribution < -0.4 is 11.1 Å². The lowest BCUT2D eigenvalue weighted by Crippen LogP contribution is -2.24. The quantitative estimate of drug-likeness (QED) is 0.819. The Bertz CT molecular complexity index is 493. The molecule has 0 aliphatic heterocycles. The van der Waals surface area contributed by atoms with Crippen LogP contribution in [-0.4, -0.2) is 17.4 Å². The van der Waals surface area contributed by atoms with Gasteiger partial charge in [-0.1, -0.05) is 0 Å². The van der Waals surface area contributed by atoms with Gasteiger partial charge in [0.25, 0.3) is 0 Å². The normalized spacial score (nSPS) is 10.5. The Morgan fingerprint density at radius 3 is 3.17 bits per heavy atom. The molecule has 3 N–H and O–H groups in total. The average molecular weight is 265 g/mol. The third-order valence-corrected chi connectivity index (χ3v) is 3.25. The van der Waals surface area contributed by atoms with Crippen LogP contribution >= 0.6 is 11.3 Å². The zero-order valence-corrected chi connectivity index (χ0v) is 10.7. The molecule has 1 amide bonds. The second-order valence-corrected chi connectivity index (χ2v) is 4.75. The summed E-state index contributed by atoms with van der Waals surface area (Å²) in [6.45, 7) is 0.987. The first-order valence-corrected chi connectivity index (χ1v) is 6.58. The van der Waals surface area contributed by atoms with Crippen molar-refractivity contribution >= 4 is 17.2 Å². The minimum atomic E-state index is -0.0555. The lowest BCUT2D eigenvalue weighted by molar-refractivity contribution is -0.120. The molecule has 0 saturated heterocycles. The second-order valence-electron chi connectivity index (χ2n) is 3.80. The molecule has 18 heavy (non-hydrogen) atoms. The average Bonchev–Trinajstić information content (AvgIpc) is 2.99. The molecule has 0 bridgehead atoms. The molecule has 6 heteroatoms. The van der Waals surface area contributed by atoms with Crippen LogP contribution in [0.1, 0.15) is 16.5 Å². The number of hydrogen-bond acceptors (Lipinski definition) is 5. The van der Waals surface area contributed by atoms with Gasteiger partial charge in [-0.15, -0.1) is 11.3 Å². The third-order valence-electron chi connectivity index (χ3n) is 2.35. The van der Waals surface area contributed by atoms with Crippen LogP contribution in [0.25, 0.3) is 0 Å². The fraction of sp³-hybridized carbons (Fsp3) is 0.333. The molecule has 0 atom stereocenters. The molecular weight excluding hydrogens is 250 g/mol. The third kappa shape index (κ3) is 3.68. The van der Waals surface area contributed by atoms with Gasteiger partial charge < -0.3 is 15.5 Å². The van der Waals surface area contributed by atoms with E-state index in [1.54, 1.807) is 12.3 Å². The van der Waals surface area contributed by atoms with Crippen molar-refractivity contribution in [2.45, 2.75) is 19.4 Å². The van der Waals surface area contributed by atoms with E-state index in [0.717, 1.165) is 22.9 Å². The van der Waals surface area contributed by atoms with E-state index >= 15 is 0 Å².